The highest BCUT2D eigenvalue weighted by molar-refractivity contribution is 5.83. The highest BCUT2D eigenvalue weighted by Gasteiger charge is 2.32. The summed E-state index contributed by atoms with van der Waals surface area (Å²) in [5.74, 6) is 1.35. The summed E-state index contributed by atoms with van der Waals surface area (Å²) in [4.78, 5) is 23.4. The van der Waals surface area contributed by atoms with Crippen LogP contribution in [0.2, 0.25) is 0 Å². The fourth-order valence-corrected chi connectivity index (χ4v) is 5.49. The van der Waals surface area contributed by atoms with Crippen LogP contribution in [0.3, 0.4) is 0 Å². The third-order valence-corrected chi connectivity index (χ3v) is 7.23. The van der Waals surface area contributed by atoms with Gasteiger partial charge in [-0.1, -0.05) is 17.7 Å². The fraction of sp³-hybridized carbons (Fsp3) is 0.345. The molecule has 0 unspecified atom stereocenters. The first-order chi connectivity index (χ1) is 19.0. The topological polar surface area (TPSA) is 115 Å². The second-order valence-corrected chi connectivity index (χ2v) is 10.2. The number of hydrogen-bond acceptors (Lipinski definition) is 8. The maximum atomic E-state index is 13.8. The maximum Gasteiger partial charge on any atom is 0.253 e. The van der Waals surface area contributed by atoms with Crippen LogP contribution >= 0.6 is 0 Å². The van der Waals surface area contributed by atoms with E-state index in [0.717, 1.165) is 52.8 Å². The third-order valence-electron chi connectivity index (χ3n) is 7.23. The molecule has 1 aliphatic rings. The molecule has 5 aromatic rings. The lowest BCUT2D eigenvalue weighted by atomic mass is 10.00. The van der Waals surface area contributed by atoms with Crippen LogP contribution in [0.25, 0.3) is 10.9 Å². The lowest BCUT2D eigenvalue weighted by Crippen LogP contribution is -2.35. The summed E-state index contributed by atoms with van der Waals surface area (Å²) in [6, 6.07) is 13.3. The number of aryl methyl sites for hydroxylation is 2. The molecule has 0 bridgehead atoms. The predicted octanol–water partition coefficient (Wildman–Crippen LogP) is 4.09. The van der Waals surface area contributed by atoms with Crippen LogP contribution in [0.5, 0.6) is 0 Å². The number of ether oxygens (including phenoxy) is 1. The summed E-state index contributed by atoms with van der Waals surface area (Å²) in [7, 11) is 0. The van der Waals surface area contributed by atoms with Gasteiger partial charge in [-0.25, -0.2) is 4.68 Å². The summed E-state index contributed by atoms with van der Waals surface area (Å²) < 4.78 is 13.4. The smallest absolute Gasteiger partial charge is 0.253 e. The predicted molar refractivity (Wildman–Crippen MR) is 145 cm³/mol. The van der Waals surface area contributed by atoms with E-state index in [4.69, 9.17) is 9.15 Å². The van der Waals surface area contributed by atoms with Crippen molar-refractivity contribution in [1.82, 2.24) is 35.1 Å². The number of aromatic amines is 1. The molecule has 0 radical (unpaired) electrons. The minimum Gasteiger partial charge on any atom is -0.468 e. The second kappa shape index (κ2) is 10.9. The van der Waals surface area contributed by atoms with Crippen LogP contribution in [0, 0.1) is 13.8 Å². The standard InChI is InChI=1S/C29H31N7O3/c1-19-12-20(2)26-22(13-19)14-25(29(37)31-26)27(28-32-33-34-36(28)18-24-8-5-11-39-24)35(17-23-7-4-10-38-23)16-21-6-3-9-30-15-21/h3-4,6-7,9-10,12-15,24,27H,5,8,11,16-18H2,1-2H3,(H,31,37)/t24-,27+/m0/s1. The number of rotatable bonds is 9. The Morgan fingerprint density at radius 1 is 1.18 bits per heavy atom. The number of nitrogens with one attached hydrogen (secondary N) is 1. The van der Waals surface area contributed by atoms with Gasteiger partial charge < -0.3 is 14.1 Å². The van der Waals surface area contributed by atoms with E-state index in [0.29, 0.717) is 31.0 Å². The Hall–Kier alpha value is -4.15. The van der Waals surface area contributed by atoms with E-state index in [1.54, 1.807) is 17.1 Å². The van der Waals surface area contributed by atoms with Crippen molar-refractivity contribution < 1.29 is 9.15 Å². The highest BCUT2D eigenvalue weighted by atomic mass is 16.5. The van der Waals surface area contributed by atoms with Crippen LogP contribution in [-0.4, -0.2) is 47.8 Å². The van der Waals surface area contributed by atoms with Gasteiger partial charge in [0.05, 0.1) is 31.0 Å². The Balaban J connectivity index is 1.52. The Kier molecular flexibility index (Phi) is 7.04. The summed E-state index contributed by atoms with van der Waals surface area (Å²) in [6.45, 7) is 6.25. The van der Waals surface area contributed by atoms with Crippen molar-refractivity contribution in [2.45, 2.75) is 58.5 Å². The van der Waals surface area contributed by atoms with Gasteiger partial charge in [0.2, 0.25) is 0 Å². The molecule has 1 aliphatic heterocycles. The minimum absolute atomic E-state index is 0.0323. The van der Waals surface area contributed by atoms with Gasteiger partial charge >= 0.3 is 0 Å². The van der Waals surface area contributed by atoms with Gasteiger partial charge in [-0.05, 0) is 84.0 Å². The first-order valence-electron chi connectivity index (χ1n) is 13.2. The number of pyridine rings is 2. The monoisotopic (exact) mass is 525 g/mol. The van der Waals surface area contributed by atoms with E-state index in [1.165, 1.54) is 0 Å². The molecular weight excluding hydrogens is 494 g/mol. The van der Waals surface area contributed by atoms with E-state index in [1.807, 2.05) is 43.5 Å². The van der Waals surface area contributed by atoms with E-state index in [9.17, 15) is 4.79 Å². The molecule has 200 valence electrons. The molecule has 1 fully saturated rings. The lowest BCUT2D eigenvalue weighted by Gasteiger charge is -2.30. The Labute approximate surface area is 225 Å². The van der Waals surface area contributed by atoms with Crippen molar-refractivity contribution >= 4 is 10.9 Å². The molecule has 0 saturated carbocycles. The summed E-state index contributed by atoms with van der Waals surface area (Å²) in [5, 5.41) is 13.8. The Bertz CT molecular complexity index is 1610. The fourth-order valence-electron chi connectivity index (χ4n) is 5.49. The average Bonchev–Trinajstić information content (AvgIpc) is 3.71. The molecule has 39 heavy (non-hydrogen) atoms. The molecule has 10 heteroatoms. The highest BCUT2D eigenvalue weighted by Crippen LogP contribution is 2.31. The molecule has 5 heterocycles. The van der Waals surface area contributed by atoms with Gasteiger partial charge in [0, 0.05) is 31.1 Å². The number of nitrogens with zero attached hydrogens (tertiary/aromatic N) is 6. The molecule has 1 aromatic carbocycles. The summed E-state index contributed by atoms with van der Waals surface area (Å²) in [5.41, 5.74) is 4.36. The lowest BCUT2D eigenvalue weighted by molar-refractivity contribution is 0.0901. The van der Waals surface area contributed by atoms with Gasteiger partial charge in [-0.2, -0.15) is 0 Å². The molecule has 1 N–H and O–H groups in total. The average molecular weight is 526 g/mol. The zero-order valence-electron chi connectivity index (χ0n) is 22.1. The van der Waals surface area contributed by atoms with Crippen molar-refractivity contribution in [2.24, 2.45) is 0 Å². The van der Waals surface area contributed by atoms with Gasteiger partial charge in [-0.3, -0.25) is 14.7 Å². The van der Waals surface area contributed by atoms with E-state index in [2.05, 4.69) is 49.4 Å². The molecular formula is C29H31N7O3. The van der Waals surface area contributed by atoms with Gasteiger partial charge in [0.15, 0.2) is 5.82 Å². The van der Waals surface area contributed by atoms with E-state index >= 15 is 0 Å². The molecule has 0 aliphatic carbocycles. The van der Waals surface area contributed by atoms with Crippen LogP contribution in [-0.2, 0) is 24.4 Å². The second-order valence-electron chi connectivity index (χ2n) is 10.2. The van der Waals surface area contributed by atoms with Crippen LogP contribution in [0.15, 0.2) is 70.3 Å². The number of tetrazole rings is 1. The molecule has 6 rings (SSSR count). The zero-order valence-corrected chi connectivity index (χ0v) is 22.1. The Morgan fingerprint density at radius 2 is 2.10 bits per heavy atom. The largest absolute Gasteiger partial charge is 0.468 e. The van der Waals surface area contributed by atoms with Crippen LogP contribution < -0.4 is 5.56 Å². The first kappa shape index (κ1) is 25.1. The summed E-state index contributed by atoms with van der Waals surface area (Å²) in [6.07, 6.45) is 7.23. The number of furan rings is 1. The van der Waals surface area contributed by atoms with Crippen molar-refractivity contribution in [3.63, 3.8) is 0 Å². The van der Waals surface area contributed by atoms with Crippen molar-refractivity contribution in [3.8, 4) is 0 Å². The minimum atomic E-state index is -0.569. The van der Waals surface area contributed by atoms with E-state index < -0.39 is 6.04 Å². The van der Waals surface area contributed by atoms with Crippen molar-refractivity contribution in [1.29, 1.82) is 0 Å². The van der Waals surface area contributed by atoms with Crippen molar-refractivity contribution in [3.05, 3.63) is 105 Å². The van der Waals surface area contributed by atoms with Gasteiger partial charge in [-0.15, -0.1) is 5.10 Å². The number of aromatic nitrogens is 6. The Morgan fingerprint density at radius 3 is 2.87 bits per heavy atom. The molecule has 0 amide bonds. The van der Waals surface area contributed by atoms with Crippen molar-refractivity contribution in [2.75, 3.05) is 6.61 Å². The quantitative estimate of drug-likeness (QED) is 0.306. The van der Waals surface area contributed by atoms with Gasteiger partial charge in [0.1, 0.15) is 11.8 Å². The summed E-state index contributed by atoms with van der Waals surface area (Å²) >= 11 is 0. The molecule has 1 saturated heterocycles. The first-order valence-corrected chi connectivity index (χ1v) is 13.2. The molecule has 4 aromatic heterocycles. The van der Waals surface area contributed by atoms with Crippen LogP contribution in [0.4, 0.5) is 0 Å². The number of fused-ring (bicyclic) bond motifs is 1. The van der Waals surface area contributed by atoms with E-state index in [-0.39, 0.29) is 11.7 Å². The molecule has 10 nitrogen and oxygen atoms in total. The van der Waals surface area contributed by atoms with Crippen LogP contribution in [0.1, 0.15) is 52.7 Å². The van der Waals surface area contributed by atoms with Gasteiger partial charge in [0.25, 0.3) is 5.56 Å². The molecule has 2 atom stereocenters. The SMILES string of the molecule is Cc1cc(C)c2[nH]c(=O)c([C@H](c3nnnn3C[C@@H]3CCCO3)N(Cc3cccnc3)Cc3ccco3)cc2c1. The third kappa shape index (κ3) is 5.39. The maximum absolute atomic E-state index is 13.8. The number of benzene rings is 1. The number of H-pyrrole nitrogens is 1. The zero-order chi connectivity index (χ0) is 26.8. The number of hydrogen-bond donors (Lipinski definition) is 1. The molecule has 0 spiro atoms. The normalized spacial score (nSPS) is 16.3.